The number of rotatable bonds is 0. The Labute approximate surface area is 69.2 Å². The van der Waals surface area contributed by atoms with E-state index in [1.165, 1.54) is 39.0 Å². The van der Waals surface area contributed by atoms with Gasteiger partial charge < -0.3 is 9.80 Å². The Hall–Kier alpha value is -0.0800. The Bertz CT molecular complexity index is 138. The quantitative estimate of drug-likeness (QED) is 0.477. The zero-order valence-corrected chi connectivity index (χ0v) is 7.05. The minimum atomic E-state index is 0.559. The number of hydrogen-bond donors (Lipinski definition) is 0. The van der Waals surface area contributed by atoms with E-state index in [1.54, 1.807) is 0 Å². The lowest BCUT2D eigenvalue weighted by atomic mass is 9.86. The minimum Gasteiger partial charge on any atom is -0.459 e. The van der Waals surface area contributed by atoms with Crippen molar-refractivity contribution >= 4 is 0 Å². The standard InChI is InChI=1S/C9H16N2/c1-10-5-3-9(7-10)4-6-11(2)8-9/h1-8H2/q-2. The normalized spacial score (nSPS) is 32.2. The topological polar surface area (TPSA) is 6.48 Å². The fourth-order valence-electron chi connectivity index (χ4n) is 2.39. The molecule has 2 aliphatic heterocycles. The van der Waals surface area contributed by atoms with E-state index in [0.29, 0.717) is 5.41 Å². The summed E-state index contributed by atoms with van der Waals surface area (Å²) in [6, 6.07) is 0. The van der Waals surface area contributed by atoms with Crippen LogP contribution in [0.5, 0.6) is 0 Å². The van der Waals surface area contributed by atoms with Gasteiger partial charge in [0.25, 0.3) is 0 Å². The molecule has 0 radical (unpaired) electrons. The fourth-order valence-corrected chi connectivity index (χ4v) is 2.39. The van der Waals surface area contributed by atoms with E-state index in [1.807, 2.05) is 0 Å². The minimum absolute atomic E-state index is 0.559. The molecule has 0 bridgehead atoms. The van der Waals surface area contributed by atoms with Gasteiger partial charge in [0.05, 0.1) is 0 Å². The summed E-state index contributed by atoms with van der Waals surface area (Å²) in [6.07, 6.45) is 2.64. The first-order chi connectivity index (χ1) is 5.20. The third-order valence-electron chi connectivity index (χ3n) is 3.03. The van der Waals surface area contributed by atoms with Crippen LogP contribution in [0.2, 0.25) is 0 Å². The Morgan fingerprint density at radius 2 is 1.36 bits per heavy atom. The van der Waals surface area contributed by atoms with Crippen molar-refractivity contribution < 1.29 is 0 Å². The highest BCUT2D eigenvalue weighted by molar-refractivity contribution is 4.96. The van der Waals surface area contributed by atoms with Crippen LogP contribution in [-0.4, -0.2) is 36.0 Å². The lowest BCUT2D eigenvalue weighted by Crippen LogP contribution is -2.26. The largest absolute Gasteiger partial charge is 0.459 e. The van der Waals surface area contributed by atoms with E-state index in [0.717, 1.165) is 0 Å². The Morgan fingerprint density at radius 1 is 0.909 bits per heavy atom. The third-order valence-corrected chi connectivity index (χ3v) is 3.03. The van der Waals surface area contributed by atoms with E-state index < -0.39 is 0 Å². The van der Waals surface area contributed by atoms with Gasteiger partial charge >= 0.3 is 0 Å². The second kappa shape index (κ2) is 2.46. The molecule has 0 saturated carbocycles. The van der Waals surface area contributed by atoms with Gasteiger partial charge in [-0.1, -0.05) is 0 Å². The highest BCUT2D eigenvalue weighted by Gasteiger charge is 2.37. The van der Waals surface area contributed by atoms with E-state index in [2.05, 4.69) is 23.9 Å². The predicted octanol–water partition coefficient (Wildman–Crippen LogP) is 0.967. The third kappa shape index (κ3) is 1.30. The molecule has 64 valence electrons. The van der Waals surface area contributed by atoms with Crippen molar-refractivity contribution in [1.82, 2.24) is 9.80 Å². The van der Waals surface area contributed by atoms with Crippen molar-refractivity contribution in [3.05, 3.63) is 14.1 Å². The molecule has 11 heavy (non-hydrogen) atoms. The molecule has 2 rings (SSSR count). The summed E-state index contributed by atoms with van der Waals surface area (Å²) >= 11 is 0. The molecule has 2 heterocycles. The van der Waals surface area contributed by atoms with Gasteiger partial charge in [-0.3, -0.25) is 14.1 Å². The van der Waals surface area contributed by atoms with Crippen LogP contribution in [0.3, 0.4) is 0 Å². The second-order valence-electron chi connectivity index (χ2n) is 4.11. The van der Waals surface area contributed by atoms with Crippen LogP contribution >= 0.6 is 0 Å². The Balaban J connectivity index is 2.02. The van der Waals surface area contributed by atoms with Crippen molar-refractivity contribution in [2.75, 3.05) is 26.2 Å². The zero-order chi connectivity index (χ0) is 7.90. The van der Waals surface area contributed by atoms with Gasteiger partial charge in [0, 0.05) is 0 Å². The molecule has 2 fully saturated rings. The van der Waals surface area contributed by atoms with E-state index >= 15 is 0 Å². The molecule has 0 aromatic heterocycles. The van der Waals surface area contributed by atoms with Gasteiger partial charge in [-0.2, -0.15) is 0 Å². The molecule has 0 atom stereocenters. The molecule has 1 spiro atoms. The van der Waals surface area contributed by atoms with Gasteiger partial charge in [-0.05, 0) is 44.4 Å². The van der Waals surface area contributed by atoms with Crippen molar-refractivity contribution in [2.24, 2.45) is 5.41 Å². The predicted molar refractivity (Wildman–Crippen MR) is 45.5 cm³/mol. The average Bonchev–Trinajstić information content (AvgIpc) is 2.44. The van der Waals surface area contributed by atoms with Crippen LogP contribution in [0.25, 0.3) is 0 Å². The van der Waals surface area contributed by atoms with Crippen LogP contribution in [0.1, 0.15) is 12.8 Å². The number of likely N-dealkylation sites (tertiary alicyclic amines) is 2. The van der Waals surface area contributed by atoms with E-state index in [9.17, 15) is 0 Å². The van der Waals surface area contributed by atoms with Crippen LogP contribution in [0.4, 0.5) is 0 Å². The summed E-state index contributed by atoms with van der Waals surface area (Å²) in [5.74, 6) is 0. The van der Waals surface area contributed by atoms with Crippen molar-refractivity contribution in [1.29, 1.82) is 0 Å². The molecule has 2 nitrogen and oxygen atoms in total. The maximum Gasteiger partial charge on any atom is -0.00683 e. The summed E-state index contributed by atoms with van der Waals surface area (Å²) in [5.41, 5.74) is 0.559. The Morgan fingerprint density at radius 3 is 1.64 bits per heavy atom. The lowest BCUT2D eigenvalue weighted by molar-refractivity contribution is 0.295. The Kier molecular flexibility index (Phi) is 1.69. The van der Waals surface area contributed by atoms with Crippen LogP contribution in [0, 0.1) is 19.5 Å². The van der Waals surface area contributed by atoms with Crippen LogP contribution in [0.15, 0.2) is 0 Å². The molecule has 0 aromatic rings. The van der Waals surface area contributed by atoms with Gasteiger partial charge in [0.15, 0.2) is 0 Å². The maximum absolute atomic E-state index is 3.98. The van der Waals surface area contributed by atoms with Gasteiger partial charge in [-0.15, -0.1) is 0 Å². The van der Waals surface area contributed by atoms with Crippen molar-refractivity contribution in [3.63, 3.8) is 0 Å². The summed E-state index contributed by atoms with van der Waals surface area (Å²) in [7, 11) is 7.95. The average molecular weight is 152 g/mol. The molecule has 2 heteroatoms. The smallest absolute Gasteiger partial charge is 0.00683 e. The number of hydrogen-bond acceptors (Lipinski definition) is 2. The van der Waals surface area contributed by atoms with Gasteiger partial charge in [-0.25, -0.2) is 0 Å². The van der Waals surface area contributed by atoms with Crippen molar-refractivity contribution in [3.8, 4) is 0 Å². The highest BCUT2D eigenvalue weighted by atomic mass is 15.2. The first kappa shape index (κ1) is 7.56. The van der Waals surface area contributed by atoms with Gasteiger partial charge in [0.2, 0.25) is 0 Å². The summed E-state index contributed by atoms with van der Waals surface area (Å²) in [5, 5.41) is 0. The highest BCUT2D eigenvalue weighted by Crippen LogP contribution is 2.38. The summed E-state index contributed by atoms with van der Waals surface area (Å²) < 4.78 is 0. The second-order valence-corrected chi connectivity index (χ2v) is 4.11. The first-order valence-electron chi connectivity index (χ1n) is 4.31. The molecule has 0 N–H and O–H groups in total. The maximum atomic E-state index is 3.98. The van der Waals surface area contributed by atoms with E-state index in [-0.39, 0.29) is 0 Å². The van der Waals surface area contributed by atoms with Crippen molar-refractivity contribution in [2.45, 2.75) is 12.8 Å². The number of nitrogens with zero attached hydrogens (tertiary/aromatic N) is 2. The molecule has 0 amide bonds. The SMILES string of the molecule is [CH2-]N1CCC2(CCN([CH2-])C2)C1. The zero-order valence-electron chi connectivity index (χ0n) is 7.05. The molecule has 2 saturated heterocycles. The fraction of sp³-hybridized carbons (Fsp3) is 0.778. The molecule has 2 aliphatic rings. The first-order valence-corrected chi connectivity index (χ1v) is 4.31. The molecular formula is C9H16N2-2. The van der Waals surface area contributed by atoms with Crippen LogP contribution in [-0.2, 0) is 0 Å². The molecule has 0 unspecified atom stereocenters. The molecule has 0 aromatic carbocycles. The molecular weight excluding hydrogens is 136 g/mol. The monoisotopic (exact) mass is 152 g/mol. The van der Waals surface area contributed by atoms with E-state index in [4.69, 9.17) is 0 Å². The summed E-state index contributed by atoms with van der Waals surface area (Å²) in [6.45, 7) is 4.71. The summed E-state index contributed by atoms with van der Waals surface area (Å²) in [4.78, 5) is 4.39. The van der Waals surface area contributed by atoms with Gasteiger partial charge in [0.1, 0.15) is 0 Å². The molecule has 0 aliphatic carbocycles. The van der Waals surface area contributed by atoms with Crippen LogP contribution < -0.4 is 0 Å². The lowest BCUT2D eigenvalue weighted by Gasteiger charge is -2.27.